The van der Waals surface area contributed by atoms with E-state index in [1.54, 1.807) is 43.3 Å². The van der Waals surface area contributed by atoms with Crippen LogP contribution in [0.25, 0.3) is 0 Å². The lowest BCUT2D eigenvalue weighted by molar-refractivity contribution is -0.122. The third-order valence-electron chi connectivity index (χ3n) is 3.85. The van der Waals surface area contributed by atoms with Crippen LogP contribution in [0.5, 0.6) is 11.5 Å². The van der Waals surface area contributed by atoms with E-state index >= 15 is 0 Å². The maximum Gasteiger partial charge on any atom is 0.265 e. The summed E-state index contributed by atoms with van der Waals surface area (Å²) in [6.45, 7) is 2.19. The standard InChI is InChI=1S/C22H20ClNO3/c1-16(22(25)24-19-9-5-8-18(23)14-19)27-21-12-10-20(11-13-21)26-15-17-6-3-2-4-7-17/h2-14,16H,15H2,1H3,(H,24,25)/t16-/m1/s1. The molecule has 138 valence electrons. The smallest absolute Gasteiger partial charge is 0.265 e. The van der Waals surface area contributed by atoms with E-state index in [0.717, 1.165) is 11.3 Å². The van der Waals surface area contributed by atoms with Crippen molar-refractivity contribution in [3.63, 3.8) is 0 Å². The van der Waals surface area contributed by atoms with Crippen molar-refractivity contribution in [1.82, 2.24) is 0 Å². The number of anilines is 1. The molecule has 0 aliphatic carbocycles. The second kappa shape index (κ2) is 9.10. The molecule has 0 heterocycles. The van der Waals surface area contributed by atoms with Gasteiger partial charge in [0.25, 0.3) is 5.91 Å². The Hall–Kier alpha value is -2.98. The summed E-state index contributed by atoms with van der Waals surface area (Å²) in [4.78, 5) is 12.3. The zero-order chi connectivity index (χ0) is 19.1. The Bertz CT molecular complexity index is 882. The highest BCUT2D eigenvalue weighted by Crippen LogP contribution is 2.20. The number of ether oxygens (including phenoxy) is 2. The van der Waals surface area contributed by atoms with Gasteiger partial charge in [0, 0.05) is 10.7 Å². The van der Waals surface area contributed by atoms with E-state index in [4.69, 9.17) is 21.1 Å². The zero-order valence-electron chi connectivity index (χ0n) is 14.9. The Morgan fingerprint density at radius 3 is 2.37 bits per heavy atom. The number of hydrogen-bond acceptors (Lipinski definition) is 3. The van der Waals surface area contributed by atoms with E-state index in [2.05, 4.69) is 5.32 Å². The first-order valence-corrected chi connectivity index (χ1v) is 8.98. The van der Waals surface area contributed by atoms with Gasteiger partial charge in [0.1, 0.15) is 18.1 Å². The lowest BCUT2D eigenvalue weighted by Crippen LogP contribution is -2.30. The quantitative estimate of drug-likeness (QED) is 0.602. The van der Waals surface area contributed by atoms with Gasteiger partial charge in [-0.15, -0.1) is 0 Å². The highest BCUT2D eigenvalue weighted by atomic mass is 35.5. The SMILES string of the molecule is C[C@@H](Oc1ccc(OCc2ccccc2)cc1)C(=O)Nc1cccc(Cl)c1. The monoisotopic (exact) mass is 381 g/mol. The fraction of sp³-hybridized carbons (Fsp3) is 0.136. The van der Waals surface area contributed by atoms with Gasteiger partial charge >= 0.3 is 0 Å². The Morgan fingerprint density at radius 2 is 1.67 bits per heavy atom. The molecule has 1 N–H and O–H groups in total. The van der Waals surface area contributed by atoms with E-state index in [-0.39, 0.29) is 5.91 Å². The molecule has 3 aromatic carbocycles. The topological polar surface area (TPSA) is 47.6 Å². The van der Waals surface area contributed by atoms with Crippen molar-refractivity contribution in [2.75, 3.05) is 5.32 Å². The number of carbonyl (C=O) groups excluding carboxylic acids is 1. The van der Waals surface area contributed by atoms with Gasteiger partial charge in [0.2, 0.25) is 0 Å². The maximum atomic E-state index is 12.3. The molecule has 0 saturated carbocycles. The molecule has 1 amide bonds. The molecule has 0 fully saturated rings. The van der Waals surface area contributed by atoms with Crippen LogP contribution in [-0.2, 0) is 11.4 Å². The van der Waals surface area contributed by atoms with E-state index < -0.39 is 6.10 Å². The number of nitrogens with one attached hydrogen (secondary N) is 1. The third-order valence-corrected chi connectivity index (χ3v) is 4.08. The summed E-state index contributed by atoms with van der Waals surface area (Å²) in [5.41, 5.74) is 1.73. The molecule has 0 bridgehead atoms. The summed E-state index contributed by atoms with van der Waals surface area (Å²) >= 11 is 5.92. The molecule has 5 heteroatoms. The van der Waals surface area contributed by atoms with Crippen molar-refractivity contribution in [3.05, 3.63) is 89.4 Å². The van der Waals surface area contributed by atoms with Crippen molar-refractivity contribution in [3.8, 4) is 11.5 Å². The van der Waals surface area contributed by atoms with Crippen LogP contribution in [0.2, 0.25) is 5.02 Å². The van der Waals surface area contributed by atoms with Crippen molar-refractivity contribution in [1.29, 1.82) is 0 Å². The molecule has 3 aromatic rings. The van der Waals surface area contributed by atoms with Gasteiger partial charge < -0.3 is 14.8 Å². The van der Waals surface area contributed by atoms with Crippen LogP contribution >= 0.6 is 11.6 Å². The number of amides is 1. The summed E-state index contributed by atoms with van der Waals surface area (Å²) in [6, 6.07) is 24.1. The second-order valence-corrected chi connectivity index (χ2v) is 6.44. The molecule has 0 aliphatic heterocycles. The van der Waals surface area contributed by atoms with Crippen molar-refractivity contribution in [2.24, 2.45) is 0 Å². The number of carbonyl (C=O) groups is 1. The van der Waals surface area contributed by atoms with E-state index in [9.17, 15) is 4.79 Å². The van der Waals surface area contributed by atoms with E-state index in [1.165, 1.54) is 0 Å². The van der Waals surface area contributed by atoms with E-state index in [1.807, 2.05) is 42.5 Å². The zero-order valence-corrected chi connectivity index (χ0v) is 15.6. The Morgan fingerprint density at radius 1 is 0.963 bits per heavy atom. The van der Waals surface area contributed by atoms with Crippen LogP contribution in [-0.4, -0.2) is 12.0 Å². The molecule has 4 nitrogen and oxygen atoms in total. The molecular weight excluding hydrogens is 362 g/mol. The van der Waals surface area contributed by atoms with Gasteiger partial charge in [0.15, 0.2) is 6.10 Å². The average molecular weight is 382 g/mol. The summed E-state index contributed by atoms with van der Waals surface area (Å²) in [6.07, 6.45) is -0.653. The third kappa shape index (κ3) is 5.76. The van der Waals surface area contributed by atoms with Gasteiger partial charge in [-0.2, -0.15) is 0 Å². The first kappa shape index (κ1) is 18.8. The molecule has 0 aromatic heterocycles. The fourth-order valence-electron chi connectivity index (χ4n) is 2.42. The van der Waals surface area contributed by atoms with Crippen molar-refractivity contribution >= 4 is 23.2 Å². The molecule has 0 aliphatic rings. The summed E-state index contributed by atoms with van der Waals surface area (Å²) < 4.78 is 11.4. The summed E-state index contributed by atoms with van der Waals surface area (Å²) in [5, 5.41) is 3.34. The minimum absolute atomic E-state index is 0.248. The normalized spacial score (nSPS) is 11.5. The number of rotatable bonds is 7. The van der Waals surface area contributed by atoms with Crippen LogP contribution < -0.4 is 14.8 Å². The molecule has 3 rings (SSSR count). The second-order valence-electron chi connectivity index (χ2n) is 6.01. The highest BCUT2D eigenvalue weighted by Gasteiger charge is 2.15. The van der Waals surface area contributed by atoms with Crippen LogP contribution in [0.15, 0.2) is 78.9 Å². The predicted octanol–water partition coefficient (Wildman–Crippen LogP) is 5.33. The van der Waals surface area contributed by atoms with Gasteiger partial charge in [-0.1, -0.05) is 48.0 Å². The fourth-order valence-corrected chi connectivity index (χ4v) is 2.61. The largest absolute Gasteiger partial charge is 0.489 e. The molecule has 0 saturated heterocycles. The lowest BCUT2D eigenvalue weighted by Gasteiger charge is -2.15. The van der Waals surface area contributed by atoms with Crippen molar-refractivity contribution < 1.29 is 14.3 Å². The Balaban J connectivity index is 1.51. The summed E-state index contributed by atoms with van der Waals surface area (Å²) in [7, 11) is 0. The van der Waals surface area contributed by atoms with Gasteiger partial charge in [-0.05, 0) is 55.0 Å². The van der Waals surface area contributed by atoms with E-state index in [0.29, 0.717) is 23.1 Å². The highest BCUT2D eigenvalue weighted by molar-refractivity contribution is 6.30. The maximum absolute atomic E-state index is 12.3. The number of hydrogen-bond donors (Lipinski definition) is 1. The molecule has 0 unspecified atom stereocenters. The summed E-state index contributed by atoms with van der Waals surface area (Å²) in [5.74, 6) is 1.08. The van der Waals surface area contributed by atoms with Crippen LogP contribution in [0.4, 0.5) is 5.69 Å². The Labute approximate surface area is 163 Å². The first-order chi connectivity index (χ1) is 13.1. The minimum atomic E-state index is -0.653. The molecule has 0 radical (unpaired) electrons. The average Bonchev–Trinajstić information content (AvgIpc) is 2.68. The van der Waals surface area contributed by atoms with Gasteiger partial charge in [0.05, 0.1) is 0 Å². The van der Waals surface area contributed by atoms with Crippen molar-refractivity contribution in [2.45, 2.75) is 19.6 Å². The number of halogens is 1. The number of benzene rings is 3. The van der Waals surface area contributed by atoms with Crippen LogP contribution in [0.3, 0.4) is 0 Å². The Kier molecular flexibility index (Phi) is 6.34. The lowest BCUT2D eigenvalue weighted by atomic mass is 10.2. The molecule has 27 heavy (non-hydrogen) atoms. The molecular formula is C22H20ClNO3. The van der Waals surface area contributed by atoms with Gasteiger partial charge in [-0.25, -0.2) is 0 Å². The van der Waals surface area contributed by atoms with Crippen LogP contribution in [0, 0.1) is 0 Å². The molecule has 0 spiro atoms. The predicted molar refractivity (Wildman–Crippen MR) is 107 cm³/mol. The van der Waals surface area contributed by atoms with Crippen LogP contribution in [0.1, 0.15) is 12.5 Å². The van der Waals surface area contributed by atoms with Gasteiger partial charge in [-0.3, -0.25) is 4.79 Å². The first-order valence-electron chi connectivity index (χ1n) is 8.60. The minimum Gasteiger partial charge on any atom is -0.489 e. The molecule has 1 atom stereocenters.